The summed E-state index contributed by atoms with van der Waals surface area (Å²) in [6.45, 7) is 0.483. The largest absolute Gasteiger partial charge is 0.491 e. The molecule has 0 aromatic heterocycles. The first-order valence-corrected chi connectivity index (χ1v) is 2.38. The standard InChI is InChI=1S/C4H5F3O4/c1-3(9,10)11-2(8)4(5,6)7/h9-10H,1H3. The Morgan fingerprint density at radius 1 is 1.36 bits per heavy atom. The van der Waals surface area contributed by atoms with Crippen molar-refractivity contribution in [1.82, 2.24) is 0 Å². The third-order valence-corrected chi connectivity index (χ3v) is 0.518. The maximum atomic E-state index is 11.3. The van der Waals surface area contributed by atoms with Crippen molar-refractivity contribution in [3.8, 4) is 0 Å². The van der Waals surface area contributed by atoms with Gasteiger partial charge in [0.25, 0.3) is 0 Å². The van der Waals surface area contributed by atoms with Gasteiger partial charge in [-0.25, -0.2) is 4.79 Å². The summed E-state index contributed by atoms with van der Waals surface area (Å²) in [4.78, 5) is 9.81. The maximum Gasteiger partial charge on any atom is 0.491 e. The van der Waals surface area contributed by atoms with E-state index in [4.69, 9.17) is 10.2 Å². The Morgan fingerprint density at radius 3 is 1.82 bits per heavy atom. The van der Waals surface area contributed by atoms with Crippen LogP contribution in [-0.2, 0) is 9.53 Å². The van der Waals surface area contributed by atoms with Gasteiger partial charge in [-0.05, 0) is 0 Å². The van der Waals surface area contributed by atoms with Crippen LogP contribution in [-0.4, -0.2) is 28.3 Å². The Morgan fingerprint density at radius 2 is 1.73 bits per heavy atom. The molecule has 0 bridgehead atoms. The predicted molar refractivity (Wildman–Crippen MR) is 25.0 cm³/mol. The number of carbonyl (C=O) groups is 1. The zero-order valence-corrected chi connectivity index (χ0v) is 5.34. The van der Waals surface area contributed by atoms with Crippen molar-refractivity contribution >= 4 is 5.97 Å². The summed E-state index contributed by atoms with van der Waals surface area (Å²) in [5.41, 5.74) is 0. The molecule has 0 aromatic carbocycles. The highest BCUT2D eigenvalue weighted by molar-refractivity contribution is 5.75. The molecule has 2 N–H and O–H groups in total. The molecular weight excluding hydrogens is 169 g/mol. The van der Waals surface area contributed by atoms with Crippen LogP contribution in [0.2, 0.25) is 0 Å². The van der Waals surface area contributed by atoms with Gasteiger partial charge in [0, 0.05) is 6.92 Å². The van der Waals surface area contributed by atoms with E-state index in [1.165, 1.54) is 0 Å². The SMILES string of the molecule is CC(O)(O)OC(=O)C(F)(F)F. The number of aliphatic hydroxyl groups is 2. The van der Waals surface area contributed by atoms with Crippen LogP contribution in [0.3, 0.4) is 0 Å². The number of halogens is 3. The zero-order valence-electron chi connectivity index (χ0n) is 5.34. The fourth-order valence-corrected chi connectivity index (χ4v) is 0.233. The normalized spacial score (nSPS) is 12.9. The fraction of sp³-hybridized carbons (Fsp3) is 0.750. The van der Waals surface area contributed by atoms with Crippen LogP contribution in [0.5, 0.6) is 0 Å². The van der Waals surface area contributed by atoms with E-state index >= 15 is 0 Å². The van der Waals surface area contributed by atoms with Gasteiger partial charge in [-0.2, -0.15) is 13.2 Å². The Hall–Kier alpha value is -0.820. The number of hydrogen-bond acceptors (Lipinski definition) is 4. The van der Waals surface area contributed by atoms with E-state index in [1.807, 2.05) is 0 Å². The first kappa shape index (κ1) is 10.2. The van der Waals surface area contributed by atoms with E-state index in [1.54, 1.807) is 0 Å². The van der Waals surface area contributed by atoms with E-state index in [-0.39, 0.29) is 0 Å². The van der Waals surface area contributed by atoms with Crippen LogP contribution in [0.25, 0.3) is 0 Å². The van der Waals surface area contributed by atoms with Crippen LogP contribution in [0, 0.1) is 0 Å². The Labute approximate surface area is 59.2 Å². The van der Waals surface area contributed by atoms with Crippen molar-refractivity contribution in [1.29, 1.82) is 0 Å². The smallest absolute Gasteiger partial charge is 0.402 e. The molecule has 0 unspecified atom stereocenters. The van der Waals surface area contributed by atoms with Gasteiger partial charge in [-0.3, -0.25) is 0 Å². The summed E-state index contributed by atoms with van der Waals surface area (Å²) >= 11 is 0. The number of ether oxygens (including phenoxy) is 1. The van der Waals surface area contributed by atoms with E-state index in [0.717, 1.165) is 0 Å². The van der Waals surface area contributed by atoms with Crippen LogP contribution >= 0.6 is 0 Å². The van der Waals surface area contributed by atoms with Gasteiger partial charge in [0.05, 0.1) is 0 Å². The average Bonchev–Trinajstić information content (AvgIpc) is 1.56. The molecule has 0 saturated carbocycles. The van der Waals surface area contributed by atoms with E-state index in [0.29, 0.717) is 6.92 Å². The van der Waals surface area contributed by atoms with Gasteiger partial charge in [0.2, 0.25) is 0 Å². The summed E-state index contributed by atoms with van der Waals surface area (Å²) in [5, 5.41) is 16.3. The molecule has 4 nitrogen and oxygen atoms in total. The molecule has 0 radical (unpaired) electrons. The minimum absolute atomic E-state index is 0.483. The molecule has 66 valence electrons. The van der Waals surface area contributed by atoms with Gasteiger partial charge in [0.15, 0.2) is 0 Å². The van der Waals surface area contributed by atoms with Crippen LogP contribution in [0.1, 0.15) is 6.92 Å². The van der Waals surface area contributed by atoms with Crippen LogP contribution in [0.15, 0.2) is 0 Å². The molecule has 0 spiro atoms. The zero-order chi connectivity index (χ0) is 9.28. The summed E-state index contributed by atoms with van der Waals surface area (Å²) in [7, 11) is 0. The monoisotopic (exact) mass is 174 g/mol. The lowest BCUT2D eigenvalue weighted by Gasteiger charge is -2.16. The number of alkyl halides is 3. The number of carbonyl (C=O) groups excluding carboxylic acids is 1. The minimum Gasteiger partial charge on any atom is -0.402 e. The van der Waals surface area contributed by atoms with Gasteiger partial charge in [0.1, 0.15) is 0 Å². The minimum atomic E-state index is -5.22. The predicted octanol–water partition coefficient (Wildman–Crippen LogP) is -0.250. The van der Waals surface area contributed by atoms with Gasteiger partial charge in [-0.15, -0.1) is 0 Å². The first-order valence-electron chi connectivity index (χ1n) is 2.38. The van der Waals surface area contributed by atoms with Crippen molar-refractivity contribution in [2.75, 3.05) is 0 Å². The quantitative estimate of drug-likeness (QED) is 0.425. The Bertz CT molecular complexity index is 156. The molecule has 0 rings (SSSR count). The molecule has 0 atom stereocenters. The maximum absolute atomic E-state index is 11.3. The van der Waals surface area contributed by atoms with E-state index in [2.05, 4.69) is 4.74 Å². The number of rotatable bonds is 1. The second kappa shape index (κ2) is 2.67. The highest BCUT2D eigenvalue weighted by Gasteiger charge is 2.44. The second-order valence-corrected chi connectivity index (χ2v) is 1.82. The third kappa shape index (κ3) is 4.57. The summed E-state index contributed by atoms with van der Waals surface area (Å²) < 4.78 is 37.0. The van der Waals surface area contributed by atoms with Crippen molar-refractivity contribution in [3.05, 3.63) is 0 Å². The van der Waals surface area contributed by atoms with E-state index in [9.17, 15) is 18.0 Å². The molecule has 0 aromatic rings. The van der Waals surface area contributed by atoms with Crippen molar-refractivity contribution < 1.29 is 32.9 Å². The van der Waals surface area contributed by atoms with Crippen LogP contribution in [0.4, 0.5) is 13.2 Å². The van der Waals surface area contributed by atoms with Gasteiger partial charge < -0.3 is 14.9 Å². The average molecular weight is 174 g/mol. The third-order valence-electron chi connectivity index (χ3n) is 0.518. The lowest BCUT2D eigenvalue weighted by Crippen LogP contribution is -2.37. The molecule has 0 aliphatic carbocycles. The molecule has 0 heterocycles. The van der Waals surface area contributed by atoms with Crippen molar-refractivity contribution in [2.24, 2.45) is 0 Å². The highest BCUT2D eigenvalue weighted by Crippen LogP contribution is 2.18. The van der Waals surface area contributed by atoms with Crippen LogP contribution < -0.4 is 0 Å². The summed E-state index contributed by atoms with van der Waals surface area (Å²) in [5.74, 6) is -5.74. The molecule has 0 saturated heterocycles. The van der Waals surface area contributed by atoms with Gasteiger partial charge >= 0.3 is 18.1 Å². The Balaban J connectivity index is 4.11. The second-order valence-electron chi connectivity index (χ2n) is 1.82. The molecule has 11 heavy (non-hydrogen) atoms. The summed E-state index contributed by atoms with van der Waals surface area (Å²) in [6, 6.07) is 0. The fourth-order valence-electron chi connectivity index (χ4n) is 0.233. The summed E-state index contributed by atoms with van der Waals surface area (Å²) in [6.07, 6.45) is -5.22. The van der Waals surface area contributed by atoms with E-state index < -0.39 is 18.1 Å². The van der Waals surface area contributed by atoms with Crippen molar-refractivity contribution in [2.45, 2.75) is 19.1 Å². The molecule has 7 heteroatoms. The highest BCUT2D eigenvalue weighted by atomic mass is 19.4. The molecule has 0 aliphatic rings. The topological polar surface area (TPSA) is 66.8 Å². The Kier molecular flexibility index (Phi) is 2.47. The number of esters is 1. The first-order chi connectivity index (χ1) is 4.63. The molecule has 0 fully saturated rings. The molecular formula is C4H5F3O4. The lowest BCUT2D eigenvalue weighted by molar-refractivity contribution is -0.322. The lowest BCUT2D eigenvalue weighted by atomic mass is 10.6. The molecule has 0 aliphatic heterocycles. The van der Waals surface area contributed by atoms with Gasteiger partial charge in [-0.1, -0.05) is 0 Å². The number of hydrogen-bond donors (Lipinski definition) is 2. The van der Waals surface area contributed by atoms with Crippen molar-refractivity contribution in [3.63, 3.8) is 0 Å². The molecule has 0 amide bonds.